The van der Waals surface area contributed by atoms with Crippen molar-refractivity contribution in [1.29, 1.82) is 0 Å². The number of nitrogens with zero attached hydrogens (tertiary/aromatic N) is 2. The Bertz CT molecular complexity index is 322. The molecule has 0 aliphatic carbocycles. The quantitative estimate of drug-likeness (QED) is 0.810. The van der Waals surface area contributed by atoms with Crippen LogP contribution in [0.2, 0.25) is 0 Å². The molecule has 0 aromatic carbocycles. The summed E-state index contributed by atoms with van der Waals surface area (Å²) in [7, 11) is 1.32. The molecule has 1 N–H and O–H groups in total. The number of aromatic nitrogens is 2. The van der Waals surface area contributed by atoms with Crippen molar-refractivity contribution in [1.82, 2.24) is 15.5 Å². The summed E-state index contributed by atoms with van der Waals surface area (Å²) in [6.07, 6.45) is 0.0491. The first-order valence-corrected chi connectivity index (χ1v) is 4.77. The number of methoxy groups -OCH3 is 1. The molecule has 84 valence electrons. The van der Waals surface area contributed by atoms with Crippen LogP contribution in [0.4, 0.5) is 4.79 Å². The fraction of sp³-hybridized carbons (Fsp3) is 0.667. The van der Waals surface area contributed by atoms with Crippen molar-refractivity contribution in [3.63, 3.8) is 0 Å². The van der Waals surface area contributed by atoms with Crippen LogP contribution in [-0.2, 0) is 11.2 Å². The Morgan fingerprint density at radius 1 is 1.53 bits per heavy atom. The summed E-state index contributed by atoms with van der Waals surface area (Å²) >= 11 is 0. The van der Waals surface area contributed by atoms with Gasteiger partial charge in [0.15, 0.2) is 0 Å². The summed E-state index contributed by atoms with van der Waals surface area (Å²) in [5.74, 6) is 1.36. The van der Waals surface area contributed by atoms with E-state index in [1.807, 2.05) is 13.8 Å². The molecule has 6 heteroatoms. The third-order valence-corrected chi connectivity index (χ3v) is 1.77. The molecule has 0 bridgehead atoms. The number of alkyl carbamates (subject to hydrolysis) is 1. The Morgan fingerprint density at radius 3 is 2.80 bits per heavy atom. The van der Waals surface area contributed by atoms with Crippen molar-refractivity contribution >= 4 is 6.09 Å². The Hall–Kier alpha value is -1.59. The maximum absolute atomic E-state index is 10.7. The number of nitrogens with one attached hydrogen (secondary N) is 1. The second kappa shape index (κ2) is 5.33. The van der Waals surface area contributed by atoms with Crippen LogP contribution >= 0.6 is 0 Å². The summed E-state index contributed by atoms with van der Waals surface area (Å²) in [6, 6.07) is 0. The molecule has 6 nitrogen and oxygen atoms in total. The fourth-order valence-electron chi connectivity index (χ4n) is 0.945. The first-order valence-electron chi connectivity index (χ1n) is 4.77. The minimum absolute atomic E-state index is 0.222. The van der Waals surface area contributed by atoms with Crippen LogP contribution in [0.15, 0.2) is 4.42 Å². The van der Waals surface area contributed by atoms with Gasteiger partial charge < -0.3 is 14.5 Å². The van der Waals surface area contributed by atoms with E-state index in [0.29, 0.717) is 24.7 Å². The highest BCUT2D eigenvalue weighted by Crippen LogP contribution is 2.11. The van der Waals surface area contributed by atoms with E-state index in [2.05, 4.69) is 20.3 Å². The standard InChI is InChI=1S/C9H15N3O3/c1-6(2)8-12-11-7(15-8)4-5-10-9(13)14-3/h6H,4-5H2,1-3H3,(H,10,13). The van der Waals surface area contributed by atoms with Crippen LogP contribution in [-0.4, -0.2) is 29.9 Å². The molecule has 0 saturated carbocycles. The molecule has 0 aliphatic heterocycles. The summed E-state index contributed by atoms with van der Waals surface area (Å²) < 4.78 is 9.76. The second-order valence-corrected chi connectivity index (χ2v) is 3.36. The Balaban J connectivity index is 2.34. The molecule has 0 spiro atoms. The van der Waals surface area contributed by atoms with Crippen LogP contribution in [0.1, 0.15) is 31.5 Å². The van der Waals surface area contributed by atoms with Gasteiger partial charge in [-0.3, -0.25) is 0 Å². The number of carbonyl (C=O) groups excluding carboxylic acids is 1. The Morgan fingerprint density at radius 2 is 2.27 bits per heavy atom. The van der Waals surface area contributed by atoms with Gasteiger partial charge in [0, 0.05) is 18.9 Å². The van der Waals surface area contributed by atoms with Crippen LogP contribution in [0.3, 0.4) is 0 Å². The van der Waals surface area contributed by atoms with Gasteiger partial charge in [-0.25, -0.2) is 4.79 Å². The average Bonchev–Trinajstić information content (AvgIpc) is 2.66. The lowest BCUT2D eigenvalue weighted by atomic mass is 10.2. The second-order valence-electron chi connectivity index (χ2n) is 3.36. The number of hydrogen-bond donors (Lipinski definition) is 1. The van der Waals surface area contributed by atoms with Crippen molar-refractivity contribution in [2.45, 2.75) is 26.2 Å². The maximum atomic E-state index is 10.7. The predicted molar refractivity (Wildman–Crippen MR) is 52.5 cm³/mol. The van der Waals surface area contributed by atoms with Gasteiger partial charge >= 0.3 is 6.09 Å². The largest absolute Gasteiger partial charge is 0.453 e. The molecule has 0 fully saturated rings. The smallest absolute Gasteiger partial charge is 0.406 e. The van der Waals surface area contributed by atoms with Crippen molar-refractivity contribution in [3.8, 4) is 0 Å². The molecule has 0 aliphatic rings. The lowest BCUT2D eigenvalue weighted by molar-refractivity contribution is 0.171. The normalized spacial score (nSPS) is 10.4. The number of amides is 1. The molecule has 0 radical (unpaired) electrons. The van der Waals surface area contributed by atoms with Gasteiger partial charge in [0.2, 0.25) is 11.8 Å². The van der Waals surface area contributed by atoms with Gasteiger partial charge in [-0.1, -0.05) is 13.8 Å². The third-order valence-electron chi connectivity index (χ3n) is 1.77. The first-order chi connectivity index (χ1) is 7.13. The fourth-order valence-corrected chi connectivity index (χ4v) is 0.945. The number of hydrogen-bond acceptors (Lipinski definition) is 5. The van der Waals surface area contributed by atoms with E-state index in [1.165, 1.54) is 7.11 Å². The van der Waals surface area contributed by atoms with E-state index >= 15 is 0 Å². The zero-order chi connectivity index (χ0) is 11.3. The van der Waals surface area contributed by atoms with Gasteiger partial charge in [-0.05, 0) is 0 Å². The Labute approximate surface area is 88.0 Å². The first kappa shape index (κ1) is 11.5. The predicted octanol–water partition coefficient (Wildman–Crippen LogP) is 1.09. The van der Waals surface area contributed by atoms with E-state index in [4.69, 9.17) is 4.42 Å². The molecule has 1 rings (SSSR count). The van der Waals surface area contributed by atoms with Crippen molar-refractivity contribution in [2.24, 2.45) is 0 Å². The molecular weight excluding hydrogens is 198 g/mol. The van der Waals surface area contributed by atoms with E-state index < -0.39 is 6.09 Å². The van der Waals surface area contributed by atoms with Gasteiger partial charge in [-0.2, -0.15) is 0 Å². The molecule has 1 heterocycles. The van der Waals surface area contributed by atoms with Crippen LogP contribution in [0.5, 0.6) is 0 Å². The van der Waals surface area contributed by atoms with Crippen LogP contribution in [0.25, 0.3) is 0 Å². The van der Waals surface area contributed by atoms with Gasteiger partial charge in [0.05, 0.1) is 7.11 Å². The average molecular weight is 213 g/mol. The lowest BCUT2D eigenvalue weighted by Gasteiger charge is -2.00. The summed E-state index contributed by atoms with van der Waals surface area (Å²) in [5, 5.41) is 10.3. The number of carbonyl (C=O) groups is 1. The summed E-state index contributed by atoms with van der Waals surface area (Å²) in [4.78, 5) is 10.7. The molecule has 15 heavy (non-hydrogen) atoms. The van der Waals surface area contributed by atoms with E-state index in [9.17, 15) is 4.79 Å². The van der Waals surface area contributed by atoms with Gasteiger partial charge in [0.25, 0.3) is 0 Å². The van der Waals surface area contributed by atoms with E-state index in [1.54, 1.807) is 0 Å². The highest BCUT2D eigenvalue weighted by molar-refractivity contribution is 5.66. The zero-order valence-electron chi connectivity index (χ0n) is 9.11. The third kappa shape index (κ3) is 3.57. The van der Waals surface area contributed by atoms with Crippen LogP contribution < -0.4 is 5.32 Å². The SMILES string of the molecule is COC(=O)NCCc1nnc(C(C)C)o1. The lowest BCUT2D eigenvalue weighted by Crippen LogP contribution is -2.25. The highest BCUT2D eigenvalue weighted by Gasteiger charge is 2.09. The topological polar surface area (TPSA) is 77.2 Å². The van der Waals surface area contributed by atoms with E-state index in [0.717, 1.165) is 0 Å². The van der Waals surface area contributed by atoms with Crippen molar-refractivity contribution in [3.05, 3.63) is 11.8 Å². The van der Waals surface area contributed by atoms with E-state index in [-0.39, 0.29) is 5.92 Å². The summed E-state index contributed by atoms with van der Waals surface area (Å²) in [6.45, 7) is 4.38. The minimum Gasteiger partial charge on any atom is -0.453 e. The van der Waals surface area contributed by atoms with Crippen molar-refractivity contribution < 1.29 is 13.9 Å². The zero-order valence-corrected chi connectivity index (χ0v) is 9.11. The molecular formula is C9H15N3O3. The monoisotopic (exact) mass is 213 g/mol. The van der Waals surface area contributed by atoms with Crippen molar-refractivity contribution in [2.75, 3.05) is 13.7 Å². The highest BCUT2D eigenvalue weighted by atomic mass is 16.5. The molecule has 0 atom stereocenters. The minimum atomic E-state index is -0.460. The van der Waals surface area contributed by atoms with Gasteiger partial charge in [0.1, 0.15) is 0 Å². The Kier molecular flexibility index (Phi) is 4.08. The molecule has 1 aromatic heterocycles. The molecule has 0 unspecified atom stereocenters. The molecule has 1 aromatic rings. The number of rotatable bonds is 4. The maximum Gasteiger partial charge on any atom is 0.406 e. The molecule has 1 amide bonds. The molecule has 0 saturated heterocycles. The van der Waals surface area contributed by atoms with Gasteiger partial charge in [-0.15, -0.1) is 10.2 Å². The van der Waals surface area contributed by atoms with Crippen LogP contribution in [0, 0.1) is 0 Å². The number of ether oxygens (including phenoxy) is 1. The summed E-state index contributed by atoms with van der Waals surface area (Å²) in [5.41, 5.74) is 0.